The Labute approximate surface area is 138 Å². The SMILES string of the molecule is CC(=O)N[C@H]1[C@@H](OC(C)=O)[C@@H](OC(C)=O)[C@H](COC(C)=O)O[C@H]1O. The summed E-state index contributed by atoms with van der Waals surface area (Å²) in [4.78, 5) is 45.0. The zero-order valence-corrected chi connectivity index (χ0v) is 13.8. The number of aliphatic hydroxyl groups is 1. The molecule has 10 heteroatoms. The first-order chi connectivity index (χ1) is 11.1. The van der Waals surface area contributed by atoms with Crippen LogP contribution in [-0.2, 0) is 38.1 Å². The average molecular weight is 347 g/mol. The maximum absolute atomic E-state index is 11.4. The van der Waals surface area contributed by atoms with Crippen LogP contribution in [0.3, 0.4) is 0 Å². The number of amides is 1. The third kappa shape index (κ3) is 5.78. The van der Waals surface area contributed by atoms with E-state index in [1.165, 1.54) is 13.8 Å². The predicted molar refractivity (Wildman–Crippen MR) is 76.2 cm³/mol. The number of nitrogens with one attached hydrogen (secondary N) is 1. The van der Waals surface area contributed by atoms with Crippen molar-refractivity contribution in [3.05, 3.63) is 0 Å². The molecule has 5 atom stereocenters. The van der Waals surface area contributed by atoms with E-state index in [9.17, 15) is 24.3 Å². The summed E-state index contributed by atoms with van der Waals surface area (Å²) in [5.74, 6) is -2.54. The van der Waals surface area contributed by atoms with Crippen molar-refractivity contribution in [2.45, 2.75) is 58.3 Å². The Morgan fingerprint density at radius 3 is 1.96 bits per heavy atom. The molecule has 136 valence electrons. The van der Waals surface area contributed by atoms with E-state index in [-0.39, 0.29) is 6.61 Å². The molecule has 0 aliphatic carbocycles. The Morgan fingerprint density at radius 2 is 1.50 bits per heavy atom. The second-order valence-electron chi connectivity index (χ2n) is 5.24. The lowest BCUT2D eigenvalue weighted by Crippen LogP contribution is -2.66. The first-order valence-electron chi connectivity index (χ1n) is 7.20. The van der Waals surface area contributed by atoms with Gasteiger partial charge in [-0.25, -0.2) is 0 Å². The normalized spacial score (nSPS) is 29.3. The number of ether oxygens (including phenoxy) is 4. The largest absolute Gasteiger partial charge is 0.463 e. The molecule has 0 aromatic rings. The number of rotatable bonds is 5. The van der Waals surface area contributed by atoms with Crippen LogP contribution in [0.2, 0.25) is 0 Å². The van der Waals surface area contributed by atoms with Crippen molar-refractivity contribution in [2.75, 3.05) is 6.61 Å². The molecule has 1 heterocycles. The number of hydrogen-bond donors (Lipinski definition) is 2. The van der Waals surface area contributed by atoms with Gasteiger partial charge in [0.1, 0.15) is 18.8 Å². The topological polar surface area (TPSA) is 137 Å². The summed E-state index contributed by atoms with van der Waals surface area (Å²) in [7, 11) is 0. The second kappa shape index (κ2) is 8.60. The molecule has 0 saturated carbocycles. The number of carbonyl (C=O) groups is 4. The number of aliphatic hydroxyl groups excluding tert-OH is 1. The lowest BCUT2D eigenvalue weighted by atomic mass is 9.96. The van der Waals surface area contributed by atoms with E-state index >= 15 is 0 Å². The molecule has 1 rings (SSSR count). The van der Waals surface area contributed by atoms with Gasteiger partial charge < -0.3 is 29.4 Å². The van der Waals surface area contributed by atoms with Gasteiger partial charge in [-0.15, -0.1) is 0 Å². The van der Waals surface area contributed by atoms with Gasteiger partial charge in [0.15, 0.2) is 18.5 Å². The zero-order chi connectivity index (χ0) is 18.4. The Bertz CT molecular complexity index is 506. The van der Waals surface area contributed by atoms with E-state index in [1.54, 1.807) is 0 Å². The van der Waals surface area contributed by atoms with Crippen molar-refractivity contribution in [3.63, 3.8) is 0 Å². The molecule has 1 aliphatic rings. The molecule has 0 bridgehead atoms. The molecule has 0 unspecified atom stereocenters. The van der Waals surface area contributed by atoms with Gasteiger partial charge in [0.2, 0.25) is 5.91 Å². The lowest BCUT2D eigenvalue weighted by Gasteiger charge is -2.43. The first kappa shape index (κ1) is 19.8. The fraction of sp³-hybridized carbons (Fsp3) is 0.714. The van der Waals surface area contributed by atoms with Crippen molar-refractivity contribution in [1.82, 2.24) is 5.32 Å². The van der Waals surface area contributed by atoms with Crippen LogP contribution in [0.15, 0.2) is 0 Å². The van der Waals surface area contributed by atoms with E-state index in [1.807, 2.05) is 0 Å². The Kier molecular flexibility index (Phi) is 7.11. The molecule has 0 spiro atoms. The van der Waals surface area contributed by atoms with Gasteiger partial charge in [-0.3, -0.25) is 19.2 Å². The van der Waals surface area contributed by atoms with Crippen LogP contribution in [0.25, 0.3) is 0 Å². The minimum atomic E-state index is -1.56. The predicted octanol–water partition coefficient (Wildman–Crippen LogP) is -1.37. The van der Waals surface area contributed by atoms with Crippen molar-refractivity contribution in [3.8, 4) is 0 Å². The Balaban J connectivity index is 3.11. The molecule has 24 heavy (non-hydrogen) atoms. The van der Waals surface area contributed by atoms with Crippen LogP contribution in [0, 0.1) is 0 Å². The van der Waals surface area contributed by atoms with Crippen molar-refractivity contribution >= 4 is 23.8 Å². The molecule has 10 nitrogen and oxygen atoms in total. The van der Waals surface area contributed by atoms with Gasteiger partial charge in [0.05, 0.1) is 0 Å². The third-order valence-corrected chi connectivity index (χ3v) is 3.09. The highest BCUT2D eigenvalue weighted by molar-refractivity contribution is 5.73. The summed E-state index contributed by atoms with van der Waals surface area (Å²) < 4.78 is 20.3. The van der Waals surface area contributed by atoms with Gasteiger partial charge >= 0.3 is 17.9 Å². The van der Waals surface area contributed by atoms with Crippen LogP contribution in [0.1, 0.15) is 27.7 Å². The first-order valence-corrected chi connectivity index (χ1v) is 7.20. The minimum absolute atomic E-state index is 0.338. The summed E-state index contributed by atoms with van der Waals surface area (Å²) in [5, 5.41) is 12.5. The summed E-state index contributed by atoms with van der Waals surface area (Å²) in [6.07, 6.45) is -5.06. The number of esters is 3. The second-order valence-corrected chi connectivity index (χ2v) is 5.24. The Hall–Kier alpha value is -2.20. The van der Waals surface area contributed by atoms with Crippen molar-refractivity contribution in [1.29, 1.82) is 0 Å². The molecular formula is C14H21NO9. The highest BCUT2D eigenvalue weighted by Crippen LogP contribution is 2.26. The summed E-state index contributed by atoms with van der Waals surface area (Å²) >= 11 is 0. The highest BCUT2D eigenvalue weighted by Gasteiger charge is 2.50. The van der Waals surface area contributed by atoms with E-state index in [0.717, 1.165) is 13.8 Å². The molecule has 1 aliphatic heterocycles. The molecule has 1 fully saturated rings. The van der Waals surface area contributed by atoms with E-state index < -0.39 is 54.5 Å². The van der Waals surface area contributed by atoms with Crippen molar-refractivity contribution in [2.24, 2.45) is 0 Å². The van der Waals surface area contributed by atoms with Gasteiger partial charge in [0.25, 0.3) is 0 Å². The fourth-order valence-electron chi connectivity index (χ4n) is 2.31. The van der Waals surface area contributed by atoms with Crippen LogP contribution in [0.4, 0.5) is 0 Å². The molecule has 0 aromatic carbocycles. The monoisotopic (exact) mass is 347 g/mol. The molecule has 0 aromatic heterocycles. The average Bonchev–Trinajstić information content (AvgIpc) is 2.42. The maximum atomic E-state index is 11.4. The van der Waals surface area contributed by atoms with Gasteiger partial charge in [-0.2, -0.15) is 0 Å². The quantitative estimate of drug-likeness (QED) is 0.456. The zero-order valence-electron chi connectivity index (χ0n) is 13.8. The van der Waals surface area contributed by atoms with Crippen LogP contribution in [0.5, 0.6) is 0 Å². The smallest absolute Gasteiger partial charge is 0.303 e. The van der Waals surface area contributed by atoms with E-state index in [2.05, 4.69) is 5.32 Å². The molecular weight excluding hydrogens is 326 g/mol. The molecule has 2 N–H and O–H groups in total. The standard InChI is InChI=1S/C14H21NO9/c1-6(16)15-11-13(23-9(4)19)12(22-8(3)18)10(24-14(11)20)5-21-7(2)17/h10-14,20H,5H2,1-4H3,(H,15,16)/t10-,11-,12-,13+,14+/m0/s1. The minimum Gasteiger partial charge on any atom is -0.463 e. The summed E-state index contributed by atoms with van der Waals surface area (Å²) in [6, 6.07) is -1.16. The maximum Gasteiger partial charge on any atom is 0.303 e. The fourth-order valence-corrected chi connectivity index (χ4v) is 2.31. The van der Waals surface area contributed by atoms with Crippen LogP contribution < -0.4 is 5.32 Å². The van der Waals surface area contributed by atoms with Crippen LogP contribution in [-0.4, -0.2) is 66.2 Å². The third-order valence-electron chi connectivity index (χ3n) is 3.09. The van der Waals surface area contributed by atoms with Crippen molar-refractivity contribution < 1.29 is 43.2 Å². The van der Waals surface area contributed by atoms with Gasteiger partial charge in [-0.1, -0.05) is 0 Å². The number of hydrogen-bond acceptors (Lipinski definition) is 9. The lowest BCUT2D eigenvalue weighted by molar-refractivity contribution is -0.264. The summed E-state index contributed by atoms with van der Waals surface area (Å²) in [5.41, 5.74) is 0. The summed E-state index contributed by atoms with van der Waals surface area (Å²) in [6.45, 7) is 4.28. The van der Waals surface area contributed by atoms with Gasteiger partial charge in [0, 0.05) is 27.7 Å². The van der Waals surface area contributed by atoms with E-state index in [4.69, 9.17) is 18.9 Å². The Morgan fingerprint density at radius 1 is 0.958 bits per heavy atom. The highest BCUT2D eigenvalue weighted by atomic mass is 16.7. The van der Waals surface area contributed by atoms with Crippen LogP contribution >= 0.6 is 0 Å². The molecule has 1 saturated heterocycles. The number of carbonyl (C=O) groups excluding carboxylic acids is 4. The molecule has 1 amide bonds. The van der Waals surface area contributed by atoms with E-state index in [0.29, 0.717) is 0 Å². The molecule has 0 radical (unpaired) electrons. The van der Waals surface area contributed by atoms with Gasteiger partial charge in [-0.05, 0) is 0 Å².